The number of ketones is 1. The highest BCUT2D eigenvalue weighted by atomic mass is 16.6. The Hall–Kier alpha value is -14.7. The van der Waals surface area contributed by atoms with Gasteiger partial charge in [0.25, 0.3) is 0 Å². The van der Waals surface area contributed by atoms with Gasteiger partial charge in [-0.05, 0) is 162 Å². The molecule has 0 bridgehead atoms. The van der Waals surface area contributed by atoms with Crippen molar-refractivity contribution in [3.8, 4) is 0 Å². The lowest BCUT2D eigenvalue weighted by atomic mass is 9.85. The molecule has 6 fully saturated rings. The Morgan fingerprint density at radius 2 is 0.873 bits per heavy atom. The van der Waals surface area contributed by atoms with Crippen molar-refractivity contribution in [1.82, 2.24) is 0 Å². The molecular formula is C104H104O30. The lowest BCUT2D eigenvalue weighted by molar-refractivity contribution is -0.155. The second-order valence-corrected chi connectivity index (χ2v) is 33.1. The van der Waals surface area contributed by atoms with Crippen molar-refractivity contribution >= 4 is 125 Å². The Kier molecular flexibility index (Phi) is 36.3. The van der Waals surface area contributed by atoms with E-state index in [1.807, 2.05) is 30.4 Å². The van der Waals surface area contributed by atoms with Crippen LogP contribution in [0.4, 0.5) is 0 Å². The first-order valence-electron chi connectivity index (χ1n) is 44.4. The largest absolute Gasteiger partial charge is 0.431 e. The molecule has 11 aliphatic heterocycles. The molecule has 0 aromatic heterocycles. The Bertz CT molecular complexity index is 5510. The average Bonchev–Trinajstić information content (AvgIpc) is 1.63. The topological polar surface area (TPSA) is 426 Å². The molecule has 4 aromatic rings. The van der Waals surface area contributed by atoms with E-state index in [0.717, 1.165) is 89.9 Å². The Balaban J connectivity index is 0.000000173. The number of fused-ring (bicyclic) bond motifs is 5. The SMILES string of the molecule is C=C1CC(c2ccc3c(c2C)C(=O)OC3=O)C(=O)O1.C=C1OC(=O)CC1C/C=C/C=C/CC1CC(=O)OC1=O.C=C1OC(=O)c2cc(C(=O)c3ccc4c(c3)C(=O)OC4=O)ccc21.C=C1OC(=O)c2cc3c(cc21)C(=O)OC3=O.C=CC(C/C=C/CC/C(=C\CC1CC(=O)OC1=O)CCC)CC/C=C/C/C(=C/CC1CC(=O)OC1=O)C/C=C/CC.CCCCC(CC)C1CC(=O)OC1=O. The van der Waals surface area contributed by atoms with Crippen LogP contribution in [-0.4, -0.2) is 113 Å². The minimum atomic E-state index is -0.779. The highest BCUT2D eigenvalue weighted by Gasteiger charge is 2.42. The van der Waals surface area contributed by atoms with E-state index in [9.17, 15) is 91.1 Å². The van der Waals surface area contributed by atoms with Gasteiger partial charge in [0, 0.05) is 34.6 Å². The van der Waals surface area contributed by atoms with Crippen molar-refractivity contribution in [2.24, 2.45) is 41.4 Å². The first-order chi connectivity index (χ1) is 64.1. The summed E-state index contributed by atoms with van der Waals surface area (Å²) >= 11 is 0. The van der Waals surface area contributed by atoms with E-state index in [-0.39, 0.29) is 146 Å². The van der Waals surface area contributed by atoms with Crippen molar-refractivity contribution in [3.05, 3.63) is 273 Å². The smallest absolute Gasteiger partial charge is 0.347 e. The highest BCUT2D eigenvalue weighted by molar-refractivity contribution is 6.19. The van der Waals surface area contributed by atoms with Crippen LogP contribution >= 0.6 is 0 Å². The minimum absolute atomic E-state index is 0.0505. The average molecular weight is 1830 g/mol. The number of rotatable bonds is 33. The van der Waals surface area contributed by atoms with Crippen LogP contribution in [0.1, 0.15) is 309 Å². The summed E-state index contributed by atoms with van der Waals surface area (Å²) in [6.45, 7) is 28.6. The molecule has 11 heterocycles. The summed E-state index contributed by atoms with van der Waals surface area (Å²) in [4.78, 5) is 217. The first kappa shape index (κ1) is 101. The second kappa shape index (κ2) is 47.9. The third kappa shape index (κ3) is 26.8. The number of cyclic esters (lactones) is 18. The summed E-state index contributed by atoms with van der Waals surface area (Å²) in [5.41, 5.74) is 6.70. The van der Waals surface area contributed by atoms with Crippen molar-refractivity contribution in [1.29, 1.82) is 0 Å². The molecule has 0 spiro atoms. The van der Waals surface area contributed by atoms with E-state index < -0.39 is 89.3 Å². The highest BCUT2D eigenvalue weighted by Crippen LogP contribution is 2.40. The predicted molar refractivity (Wildman–Crippen MR) is 480 cm³/mol. The molecule has 4 aromatic carbocycles. The standard InChI is InChI=1S/C35H48O6.C18H8O6.C15H16O5.C14H10O5.C11H4O5.C11H18O3/c1-4-7-10-18-29(22-24-31-26-33(37)41-35(31)39)20-14-9-12-17-27(6-3)16-11-8-13-19-28(15-5-2)21-23-30-25-32(36)40-34(30)38;1-8-11-4-2-9(6-13(11)17(21)23-8)15(19)10-3-5-12-14(7-10)18(22)24-16(12)20;1-10-11(8-13(16)19-10)6-4-2-3-5-7-12-9-14(17)20-15(12)18;1-6-5-10(13(16)18-6)8-3-4-9-11(7(8)2)14(17)19-12(9)15;1-4-5-2-7-8(11(14)16-10(7)13)3-6(5)9(12)15-4;1-3-5-6-8(4-2)9-7-10(12)14-11(9)13/h6-11,14,21-22,27,30-31H,3-5,12-13,15-20,23-26H2,1-2H3;2-7H,1H2;2-5,11-12H,1,6-9H2;3-4,10H,1,5H2,2H3;2-3H,1H2;8-9H,3-7H2,1-2H3/b10-7+,11-8+,14-9+,28-21-,29-22+;;4-2+,5-3+;;;. The number of benzene rings is 4. The van der Waals surface area contributed by atoms with Gasteiger partial charge in [-0.3, -0.25) is 52.7 Å². The zero-order valence-electron chi connectivity index (χ0n) is 75.2. The normalized spacial score (nSPS) is 20.7. The fourth-order valence-corrected chi connectivity index (χ4v) is 16.1. The molecule has 0 radical (unpaired) electrons. The molecule has 0 N–H and O–H groups in total. The van der Waals surface area contributed by atoms with Gasteiger partial charge in [-0.25, -0.2) is 38.4 Å². The molecule has 8 unspecified atom stereocenters. The number of hydrogen-bond acceptors (Lipinski definition) is 30. The number of unbranched alkanes of at least 4 members (excludes halogenated alkanes) is 1. The van der Waals surface area contributed by atoms with E-state index in [0.29, 0.717) is 90.6 Å². The lowest BCUT2D eigenvalue weighted by Crippen LogP contribution is -2.18. The van der Waals surface area contributed by atoms with Gasteiger partial charge in [-0.15, -0.1) is 6.58 Å². The molecule has 0 aliphatic carbocycles. The van der Waals surface area contributed by atoms with Gasteiger partial charge in [0.1, 0.15) is 23.0 Å². The summed E-state index contributed by atoms with van der Waals surface area (Å²) in [7, 11) is 0. The van der Waals surface area contributed by atoms with Gasteiger partial charge in [-0.1, -0.05) is 188 Å². The molecule has 30 heteroatoms. The number of hydrogen-bond donors (Lipinski definition) is 0. The van der Waals surface area contributed by atoms with Crippen LogP contribution in [0, 0.1) is 48.3 Å². The zero-order chi connectivity index (χ0) is 97.1. The van der Waals surface area contributed by atoms with Crippen molar-refractivity contribution in [2.75, 3.05) is 0 Å². The van der Waals surface area contributed by atoms with Crippen molar-refractivity contribution < 1.29 is 143 Å². The third-order valence-corrected chi connectivity index (χ3v) is 23.6. The predicted octanol–water partition coefficient (Wildman–Crippen LogP) is 17.9. The molecule has 8 atom stereocenters. The zero-order valence-corrected chi connectivity index (χ0v) is 75.2. The van der Waals surface area contributed by atoms with E-state index in [1.54, 1.807) is 25.1 Å². The number of carbonyl (C=O) groups excluding carboxylic acids is 19. The number of carbonyl (C=O) groups is 19. The summed E-state index contributed by atoms with van der Waals surface area (Å²) in [5.74, 6) is -9.10. The maximum atomic E-state index is 12.6. The molecule has 134 heavy (non-hydrogen) atoms. The van der Waals surface area contributed by atoms with Crippen LogP contribution in [0.25, 0.3) is 11.5 Å². The summed E-state index contributed by atoms with van der Waals surface area (Å²) in [6.07, 6.45) is 44.6. The monoisotopic (exact) mass is 1830 g/mol. The molecule has 6 saturated heterocycles. The van der Waals surface area contributed by atoms with Gasteiger partial charge in [0.05, 0.1) is 106 Å². The first-order valence-corrected chi connectivity index (χ1v) is 44.4. The van der Waals surface area contributed by atoms with Gasteiger partial charge < -0.3 is 52.1 Å². The molecular weight excluding hydrogens is 1730 g/mol. The van der Waals surface area contributed by atoms with Crippen LogP contribution in [0.3, 0.4) is 0 Å². The summed E-state index contributed by atoms with van der Waals surface area (Å²) in [6, 6.07) is 14.6. The van der Waals surface area contributed by atoms with E-state index in [1.165, 1.54) is 53.6 Å². The maximum Gasteiger partial charge on any atom is 0.347 e. The van der Waals surface area contributed by atoms with Crippen LogP contribution in [0.5, 0.6) is 0 Å². The lowest BCUT2D eigenvalue weighted by Gasteiger charge is -2.17. The van der Waals surface area contributed by atoms with Crippen molar-refractivity contribution in [3.63, 3.8) is 0 Å². The number of allylic oxidation sites excluding steroid dienone is 17. The second-order valence-electron chi connectivity index (χ2n) is 33.1. The van der Waals surface area contributed by atoms with Gasteiger partial charge in [0.15, 0.2) is 5.78 Å². The Labute approximate surface area is 773 Å². The maximum absolute atomic E-state index is 12.6. The number of ether oxygens (including phenoxy) is 11. The third-order valence-electron chi connectivity index (χ3n) is 23.6. The van der Waals surface area contributed by atoms with Crippen LogP contribution in [-0.2, 0) is 100 Å². The Morgan fingerprint density at radius 1 is 0.403 bits per heavy atom. The van der Waals surface area contributed by atoms with Crippen molar-refractivity contribution in [2.45, 2.75) is 195 Å². The van der Waals surface area contributed by atoms with Gasteiger partial charge in [-0.2, -0.15) is 0 Å². The molecule has 30 nitrogen and oxygen atoms in total. The van der Waals surface area contributed by atoms with Crippen LogP contribution in [0.2, 0.25) is 0 Å². The van der Waals surface area contributed by atoms with Gasteiger partial charge >= 0.3 is 107 Å². The fourth-order valence-electron chi connectivity index (χ4n) is 16.1. The fraction of sp³-hybridized carbons (Fsp3) is 0.356. The van der Waals surface area contributed by atoms with Gasteiger partial charge in [0.2, 0.25) is 0 Å². The number of esters is 18. The Morgan fingerprint density at radius 3 is 1.40 bits per heavy atom. The minimum Gasteiger partial charge on any atom is -0.431 e. The van der Waals surface area contributed by atoms with E-state index in [2.05, 4.69) is 142 Å². The van der Waals surface area contributed by atoms with E-state index in [4.69, 9.17) is 18.9 Å². The summed E-state index contributed by atoms with van der Waals surface area (Å²) < 4.78 is 51.3. The van der Waals surface area contributed by atoms with Crippen LogP contribution < -0.4 is 0 Å². The molecule has 15 rings (SSSR count). The molecule has 0 saturated carbocycles. The summed E-state index contributed by atoms with van der Waals surface area (Å²) in [5, 5.41) is 0. The molecule has 11 aliphatic rings. The van der Waals surface area contributed by atoms with Crippen LogP contribution in [0.15, 0.2) is 195 Å². The van der Waals surface area contributed by atoms with E-state index >= 15 is 0 Å². The quantitative estimate of drug-likeness (QED) is 0.0107. The molecule has 700 valence electrons. The molecule has 0 amide bonds.